The molecule has 1 unspecified atom stereocenters. The first-order chi connectivity index (χ1) is 8.55. The van der Waals surface area contributed by atoms with Crippen molar-refractivity contribution in [3.8, 4) is 0 Å². The molecule has 1 atom stereocenters. The fourth-order valence-electron chi connectivity index (χ4n) is 2.04. The molecule has 6 heteroatoms. The summed E-state index contributed by atoms with van der Waals surface area (Å²) in [6.07, 6.45) is -2.18. The van der Waals surface area contributed by atoms with E-state index in [0.29, 0.717) is 12.5 Å². The molecule has 2 N–H and O–H groups in total. The second-order valence-corrected chi connectivity index (χ2v) is 4.50. The van der Waals surface area contributed by atoms with Gasteiger partial charge in [-0.1, -0.05) is 6.07 Å². The minimum Gasteiger partial charge on any atom is -0.370 e. The average Bonchev–Trinajstić information content (AvgIpc) is 2.37. The van der Waals surface area contributed by atoms with Crippen LogP contribution >= 0.6 is 0 Å². The molecule has 100 valence electrons. The van der Waals surface area contributed by atoms with Gasteiger partial charge in [0.05, 0.1) is 0 Å². The molecule has 2 heterocycles. The van der Waals surface area contributed by atoms with Gasteiger partial charge < -0.3 is 10.6 Å². The van der Waals surface area contributed by atoms with Crippen molar-refractivity contribution in [1.82, 2.24) is 10.3 Å². The van der Waals surface area contributed by atoms with E-state index < -0.39 is 11.9 Å². The van der Waals surface area contributed by atoms with Crippen molar-refractivity contribution in [3.05, 3.63) is 23.9 Å². The summed E-state index contributed by atoms with van der Waals surface area (Å²) in [6.45, 7) is 2.59. The molecule has 0 spiro atoms. The molecule has 1 fully saturated rings. The molecular weight excluding hydrogens is 243 g/mol. The Morgan fingerprint density at radius 1 is 1.39 bits per heavy atom. The van der Waals surface area contributed by atoms with Gasteiger partial charge in [0.2, 0.25) is 0 Å². The number of hydrogen-bond donors (Lipinski definition) is 2. The molecule has 1 aliphatic rings. The lowest BCUT2D eigenvalue weighted by molar-refractivity contribution is -0.141. The lowest BCUT2D eigenvalue weighted by Crippen LogP contribution is -2.33. The number of nitrogens with one attached hydrogen (secondary N) is 2. The maximum atomic E-state index is 12.5. The number of piperidine rings is 1. The quantitative estimate of drug-likeness (QED) is 0.875. The molecular formula is C12H16F3N3. The van der Waals surface area contributed by atoms with E-state index in [4.69, 9.17) is 0 Å². The fourth-order valence-corrected chi connectivity index (χ4v) is 2.04. The largest absolute Gasteiger partial charge is 0.433 e. The van der Waals surface area contributed by atoms with Crippen molar-refractivity contribution in [3.63, 3.8) is 0 Å². The Kier molecular flexibility index (Phi) is 4.06. The molecule has 3 nitrogen and oxygen atoms in total. The van der Waals surface area contributed by atoms with Gasteiger partial charge in [-0.15, -0.1) is 0 Å². The van der Waals surface area contributed by atoms with Gasteiger partial charge in [-0.05, 0) is 44.0 Å². The van der Waals surface area contributed by atoms with Gasteiger partial charge in [0.25, 0.3) is 0 Å². The minimum absolute atomic E-state index is 0.287. The van der Waals surface area contributed by atoms with Gasteiger partial charge in [0, 0.05) is 6.54 Å². The number of nitrogens with zero attached hydrogens (tertiary/aromatic N) is 1. The van der Waals surface area contributed by atoms with E-state index in [1.54, 1.807) is 6.07 Å². The van der Waals surface area contributed by atoms with E-state index in [9.17, 15) is 13.2 Å². The van der Waals surface area contributed by atoms with Crippen LogP contribution in [0.5, 0.6) is 0 Å². The third kappa shape index (κ3) is 3.60. The smallest absolute Gasteiger partial charge is 0.370 e. The highest BCUT2D eigenvalue weighted by Gasteiger charge is 2.32. The number of aromatic nitrogens is 1. The van der Waals surface area contributed by atoms with Crippen LogP contribution in [-0.2, 0) is 6.18 Å². The number of halogens is 3. The molecule has 0 aliphatic carbocycles. The van der Waals surface area contributed by atoms with Gasteiger partial charge in [-0.2, -0.15) is 13.2 Å². The van der Waals surface area contributed by atoms with E-state index >= 15 is 0 Å². The van der Waals surface area contributed by atoms with Gasteiger partial charge in [-0.25, -0.2) is 4.98 Å². The first-order valence-electron chi connectivity index (χ1n) is 6.04. The minimum atomic E-state index is -4.38. The Hall–Kier alpha value is -1.30. The topological polar surface area (TPSA) is 37.0 Å². The molecule has 0 saturated carbocycles. The molecule has 0 amide bonds. The maximum absolute atomic E-state index is 12.5. The molecule has 1 aromatic heterocycles. The standard InChI is InChI=1S/C12H16F3N3/c13-12(14,15)10-4-1-5-11(18-10)17-8-9-3-2-6-16-7-9/h1,4-5,9,16H,2-3,6-8H2,(H,17,18). The SMILES string of the molecule is FC(F)(F)c1cccc(NCC2CCCNC2)n1. The summed E-state index contributed by atoms with van der Waals surface area (Å²) in [5, 5.41) is 6.24. The van der Waals surface area contributed by atoms with Crippen LogP contribution in [0.3, 0.4) is 0 Å². The zero-order chi connectivity index (χ0) is 13.0. The Morgan fingerprint density at radius 2 is 2.22 bits per heavy atom. The Morgan fingerprint density at radius 3 is 2.89 bits per heavy atom. The molecule has 2 rings (SSSR count). The van der Waals surface area contributed by atoms with E-state index in [1.165, 1.54) is 6.07 Å². The van der Waals surface area contributed by atoms with Crippen LogP contribution in [0, 0.1) is 5.92 Å². The van der Waals surface area contributed by atoms with Crippen LogP contribution in [-0.4, -0.2) is 24.6 Å². The van der Waals surface area contributed by atoms with Crippen molar-refractivity contribution in [2.45, 2.75) is 19.0 Å². The number of pyridine rings is 1. The van der Waals surface area contributed by atoms with Crippen molar-refractivity contribution in [1.29, 1.82) is 0 Å². The lowest BCUT2D eigenvalue weighted by Gasteiger charge is -2.23. The summed E-state index contributed by atoms with van der Waals surface area (Å²) >= 11 is 0. The second-order valence-electron chi connectivity index (χ2n) is 4.50. The summed E-state index contributed by atoms with van der Waals surface area (Å²) in [7, 11) is 0. The van der Waals surface area contributed by atoms with E-state index in [0.717, 1.165) is 32.0 Å². The van der Waals surface area contributed by atoms with Gasteiger partial charge in [0.15, 0.2) is 0 Å². The summed E-state index contributed by atoms with van der Waals surface area (Å²) in [5.74, 6) is 0.741. The summed E-state index contributed by atoms with van der Waals surface area (Å²) in [5.41, 5.74) is -0.853. The number of alkyl halides is 3. The predicted molar refractivity (Wildman–Crippen MR) is 63.3 cm³/mol. The molecule has 0 aromatic carbocycles. The van der Waals surface area contributed by atoms with E-state index in [2.05, 4.69) is 15.6 Å². The van der Waals surface area contributed by atoms with Crippen LogP contribution in [0.15, 0.2) is 18.2 Å². The fraction of sp³-hybridized carbons (Fsp3) is 0.583. The van der Waals surface area contributed by atoms with Crippen LogP contribution in [0.1, 0.15) is 18.5 Å². The first kappa shape index (κ1) is 13.1. The first-order valence-corrected chi connectivity index (χ1v) is 6.04. The molecule has 1 aromatic rings. The van der Waals surface area contributed by atoms with Crippen LogP contribution < -0.4 is 10.6 Å². The molecule has 18 heavy (non-hydrogen) atoms. The van der Waals surface area contributed by atoms with Gasteiger partial charge in [-0.3, -0.25) is 0 Å². The van der Waals surface area contributed by atoms with Crippen molar-refractivity contribution >= 4 is 5.82 Å². The van der Waals surface area contributed by atoms with Gasteiger partial charge in [0.1, 0.15) is 11.5 Å². The average molecular weight is 259 g/mol. The Balaban J connectivity index is 1.92. The number of rotatable bonds is 3. The van der Waals surface area contributed by atoms with Gasteiger partial charge >= 0.3 is 6.18 Å². The Labute approximate surface area is 104 Å². The highest BCUT2D eigenvalue weighted by molar-refractivity contribution is 5.35. The predicted octanol–water partition coefficient (Wildman–Crippen LogP) is 2.51. The van der Waals surface area contributed by atoms with Crippen molar-refractivity contribution < 1.29 is 13.2 Å². The highest BCUT2D eigenvalue weighted by atomic mass is 19.4. The normalized spacial score (nSPS) is 20.7. The molecule has 1 saturated heterocycles. The summed E-state index contributed by atoms with van der Waals surface area (Å²) in [6, 6.07) is 3.91. The van der Waals surface area contributed by atoms with Crippen LogP contribution in [0.25, 0.3) is 0 Å². The van der Waals surface area contributed by atoms with Crippen LogP contribution in [0.4, 0.5) is 19.0 Å². The lowest BCUT2D eigenvalue weighted by atomic mass is 10.00. The number of anilines is 1. The van der Waals surface area contributed by atoms with E-state index in [-0.39, 0.29) is 5.82 Å². The summed E-state index contributed by atoms with van der Waals surface area (Å²) < 4.78 is 37.4. The second kappa shape index (κ2) is 5.56. The molecule has 0 bridgehead atoms. The van der Waals surface area contributed by atoms with Crippen LogP contribution in [0.2, 0.25) is 0 Å². The highest BCUT2D eigenvalue weighted by Crippen LogP contribution is 2.28. The summed E-state index contributed by atoms with van der Waals surface area (Å²) in [4.78, 5) is 3.57. The van der Waals surface area contributed by atoms with Crippen molar-refractivity contribution in [2.24, 2.45) is 5.92 Å². The maximum Gasteiger partial charge on any atom is 0.433 e. The van der Waals surface area contributed by atoms with E-state index in [1.807, 2.05) is 0 Å². The third-order valence-corrected chi connectivity index (χ3v) is 3.01. The molecule has 0 radical (unpaired) electrons. The Bertz CT molecular complexity index is 386. The van der Waals surface area contributed by atoms with Crippen molar-refractivity contribution in [2.75, 3.05) is 25.0 Å². The zero-order valence-electron chi connectivity index (χ0n) is 9.93. The third-order valence-electron chi connectivity index (χ3n) is 3.01. The zero-order valence-corrected chi connectivity index (χ0v) is 9.93. The molecule has 1 aliphatic heterocycles. The monoisotopic (exact) mass is 259 g/mol. The number of hydrogen-bond acceptors (Lipinski definition) is 3.